The number of benzene rings is 1. The van der Waals surface area contributed by atoms with Gasteiger partial charge in [0.15, 0.2) is 0 Å². The molecule has 0 aromatic heterocycles. The summed E-state index contributed by atoms with van der Waals surface area (Å²) in [6.07, 6.45) is 6.61. The lowest BCUT2D eigenvalue weighted by Gasteiger charge is -2.33. The molecular formula is C17H23NO3. The van der Waals surface area contributed by atoms with Crippen LogP contribution < -0.4 is 4.74 Å². The monoisotopic (exact) mass is 289 g/mol. The molecule has 114 valence electrons. The molecule has 0 radical (unpaired) electrons. The van der Waals surface area contributed by atoms with Crippen LogP contribution in [0, 0.1) is 0 Å². The van der Waals surface area contributed by atoms with Crippen molar-refractivity contribution >= 4 is 12.0 Å². The minimum atomic E-state index is -0.939. The topological polar surface area (TPSA) is 49.8 Å². The molecule has 0 spiro atoms. The zero-order valence-electron chi connectivity index (χ0n) is 12.5. The van der Waals surface area contributed by atoms with E-state index < -0.39 is 5.97 Å². The Labute approximate surface area is 126 Å². The average molecular weight is 289 g/mol. The second kappa shape index (κ2) is 7.84. The van der Waals surface area contributed by atoms with Crippen molar-refractivity contribution in [3.63, 3.8) is 0 Å². The number of carbonyl (C=O) groups is 1. The van der Waals surface area contributed by atoms with Crippen LogP contribution in [-0.4, -0.2) is 41.7 Å². The minimum Gasteiger partial charge on any atom is -0.492 e. The van der Waals surface area contributed by atoms with Gasteiger partial charge >= 0.3 is 5.97 Å². The highest BCUT2D eigenvalue weighted by Crippen LogP contribution is 2.17. The number of hydrogen-bond donors (Lipinski definition) is 1. The molecule has 4 nitrogen and oxygen atoms in total. The van der Waals surface area contributed by atoms with Crippen LogP contribution in [0.5, 0.6) is 5.75 Å². The third-order valence-electron chi connectivity index (χ3n) is 3.89. The van der Waals surface area contributed by atoms with Crippen LogP contribution in [0.4, 0.5) is 0 Å². The fourth-order valence-corrected chi connectivity index (χ4v) is 2.61. The fraction of sp³-hybridized carbons (Fsp3) is 0.471. The van der Waals surface area contributed by atoms with E-state index in [-0.39, 0.29) is 0 Å². The molecule has 1 aliphatic rings. The Morgan fingerprint density at radius 1 is 1.38 bits per heavy atom. The Morgan fingerprint density at radius 3 is 2.81 bits per heavy atom. The highest BCUT2D eigenvalue weighted by molar-refractivity contribution is 5.85. The number of likely N-dealkylation sites (tertiary alicyclic amines) is 1. The first-order chi connectivity index (χ1) is 10.1. The van der Waals surface area contributed by atoms with Crippen LogP contribution in [0.1, 0.15) is 31.7 Å². The van der Waals surface area contributed by atoms with Crippen LogP contribution in [0.15, 0.2) is 30.3 Å². The lowest BCUT2D eigenvalue weighted by Crippen LogP contribution is -2.39. The smallest absolute Gasteiger partial charge is 0.328 e. The molecule has 0 saturated carbocycles. The van der Waals surface area contributed by atoms with Gasteiger partial charge in [0.25, 0.3) is 0 Å². The molecule has 1 fully saturated rings. The third kappa shape index (κ3) is 5.23. The summed E-state index contributed by atoms with van der Waals surface area (Å²) in [7, 11) is 0. The normalized spacial score (nSPS) is 19.8. The molecule has 1 heterocycles. The molecule has 21 heavy (non-hydrogen) atoms. The van der Waals surface area contributed by atoms with E-state index in [2.05, 4.69) is 11.8 Å². The number of ether oxygens (including phenoxy) is 1. The second-order valence-electron chi connectivity index (χ2n) is 5.47. The summed E-state index contributed by atoms with van der Waals surface area (Å²) in [6.45, 7) is 5.10. The molecule has 0 aliphatic carbocycles. The van der Waals surface area contributed by atoms with Crippen molar-refractivity contribution in [3.8, 4) is 5.75 Å². The average Bonchev–Trinajstić information content (AvgIpc) is 2.48. The highest BCUT2D eigenvalue weighted by Gasteiger charge is 2.17. The van der Waals surface area contributed by atoms with E-state index in [9.17, 15) is 4.79 Å². The van der Waals surface area contributed by atoms with Crippen LogP contribution in [0.2, 0.25) is 0 Å². The molecule has 1 N–H and O–H groups in total. The molecular weight excluding hydrogens is 266 g/mol. The fourth-order valence-electron chi connectivity index (χ4n) is 2.61. The molecule has 1 atom stereocenters. The van der Waals surface area contributed by atoms with Gasteiger partial charge in [-0.2, -0.15) is 0 Å². The number of piperidine rings is 1. The Morgan fingerprint density at radius 2 is 2.14 bits per heavy atom. The summed E-state index contributed by atoms with van der Waals surface area (Å²) in [5.41, 5.74) is 0.856. The first-order valence-electron chi connectivity index (χ1n) is 7.53. The van der Waals surface area contributed by atoms with Gasteiger partial charge in [-0.1, -0.05) is 18.6 Å². The Hall–Kier alpha value is -1.81. The molecule has 0 amide bonds. The molecule has 1 aromatic carbocycles. The predicted molar refractivity (Wildman–Crippen MR) is 83.5 cm³/mol. The highest BCUT2D eigenvalue weighted by atomic mass is 16.5. The van der Waals surface area contributed by atoms with Gasteiger partial charge in [0.05, 0.1) is 0 Å². The van der Waals surface area contributed by atoms with Crippen LogP contribution >= 0.6 is 0 Å². The largest absolute Gasteiger partial charge is 0.492 e. The Kier molecular flexibility index (Phi) is 5.81. The zero-order valence-corrected chi connectivity index (χ0v) is 12.5. The molecule has 4 heteroatoms. The first kappa shape index (κ1) is 15.6. The van der Waals surface area contributed by atoms with E-state index in [1.54, 1.807) is 6.08 Å². The van der Waals surface area contributed by atoms with E-state index in [1.165, 1.54) is 25.8 Å². The first-order valence-corrected chi connectivity index (χ1v) is 7.53. The van der Waals surface area contributed by atoms with Gasteiger partial charge in [0.1, 0.15) is 12.4 Å². The molecule has 1 unspecified atom stereocenters. The van der Waals surface area contributed by atoms with Gasteiger partial charge in [-0.3, -0.25) is 4.90 Å². The maximum atomic E-state index is 10.4. The van der Waals surface area contributed by atoms with Gasteiger partial charge in [0.2, 0.25) is 0 Å². The van der Waals surface area contributed by atoms with Gasteiger partial charge in [-0.15, -0.1) is 0 Å². The number of aliphatic carboxylic acids is 1. The molecule has 1 aromatic rings. The van der Waals surface area contributed by atoms with E-state index in [0.29, 0.717) is 12.6 Å². The maximum Gasteiger partial charge on any atom is 0.328 e. The summed E-state index contributed by atoms with van der Waals surface area (Å²) in [5.74, 6) is -0.113. The molecule has 0 bridgehead atoms. The second-order valence-corrected chi connectivity index (χ2v) is 5.47. The van der Waals surface area contributed by atoms with E-state index in [1.807, 2.05) is 24.3 Å². The van der Waals surface area contributed by atoms with Gasteiger partial charge in [-0.25, -0.2) is 4.79 Å². The lowest BCUT2D eigenvalue weighted by atomic mass is 10.0. The Bertz CT molecular complexity index is 481. The molecule has 1 saturated heterocycles. The van der Waals surface area contributed by atoms with Gasteiger partial charge < -0.3 is 9.84 Å². The van der Waals surface area contributed by atoms with Crippen molar-refractivity contribution in [1.82, 2.24) is 4.90 Å². The van der Waals surface area contributed by atoms with E-state index in [4.69, 9.17) is 9.84 Å². The number of nitrogens with zero attached hydrogens (tertiary/aromatic N) is 1. The number of carboxylic acid groups (broad SMARTS) is 1. The van der Waals surface area contributed by atoms with Gasteiger partial charge in [-0.05, 0) is 50.1 Å². The summed E-state index contributed by atoms with van der Waals surface area (Å²) < 4.78 is 5.76. The van der Waals surface area contributed by atoms with Crippen molar-refractivity contribution in [2.24, 2.45) is 0 Å². The number of carboxylic acids is 1. The summed E-state index contributed by atoms with van der Waals surface area (Å²) in [5, 5.41) is 8.57. The number of rotatable bonds is 6. The standard InChI is InChI=1S/C17H23NO3/c1-14-4-2-3-11-18(14)12-13-21-16-8-5-15(6-9-16)7-10-17(19)20/h5-10,14H,2-4,11-13H2,1H3,(H,19,20)/b10-7+. The van der Waals surface area contributed by atoms with Crippen molar-refractivity contribution < 1.29 is 14.6 Å². The van der Waals surface area contributed by atoms with Crippen LogP contribution in [0.3, 0.4) is 0 Å². The Balaban J connectivity index is 1.77. The van der Waals surface area contributed by atoms with Crippen molar-refractivity contribution in [3.05, 3.63) is 35.9 Å². The minimum absolute atomic E-state index is 0.658. The zero-order chi connectivity index (χ0) is 15.1. The van der Waals surface area contributed by atoms with Crippen molar-refractivity contribution in [1.29, 1.82) is 0 Å². The van der Waals surface area contributed by atoms with E-state index >= 15 is 0 Å². The number of hydrogen-bond acceptors (Lipinski definition) is 3. The SMILES string of the molecule is CC1CCCCN1CCOc1ccc(/C=C/C(=O)O)cc1. The van der Waals surface area contributed by atoms with Crippen LogP contribution in [-0.2, 0) is 4.79 Å². The van der Waals surface area contributed by atoms with Crippen molar-refractivity contribution in [2.45, 2.75) is 32.2 Å². The summed E-state index contributed by atoms with van der Waals surface area (Å²) in [6, 6.07) is 8.13. The van der Waals surface area contributed by atoms with Crippen molar-refractivity contribution in [2.75, 3.05) is 19.7 Å². The summed E-state index contributed by atoms with van der Waals surface area (Å²) >= 11 is 0. The predicted octanol–water partition coefficient (Wildman–Crippen LogP) is 3.04. The lowest BCUT2D eigenvalue weighted by molar-refractivity contribution is -0.131. The van der Waals surface area contributed by atoms with Crippen LogP contribution in [0.25, 0.3) is 6.08 Å². The maximum absolute atomic E-state index is 10.4. The summed E-state index contributed by atoms with van der Waals surface area (Å²) in [4.78, 5) is 12.9. The molecule has 1 aliphatic heterocycles. The molecule has 2 rings (SSSR count). The van der Waals surface area contributed by atoms with E-state index in [0.717, 1.165) is 23.9 Å². The third-order valence-corrected chi connectivity index (χ3v) is 3.89. The van der Waals surface area contributed by atoms with Gasteiger partial charge in [0, 0.05) is 18.7 Å². The quantitative estimate of drug-likeness (QED) is 0.818.